The third kappa shape index (κ3) is 2.63. The predicted molar refractivity (Wildman–Crippen MR) is 75.4 cm³/mol. The van der Waals surface area contributed by atoms with Gasteiger partial charge in [-0.15, -0.1) is 0 Å². The van der Waals surface area contributed by atoms with E-state index in [2.05, 4.69) is 20.8 Å². The van der Waals surface area contributed by atoms with Gasteiger partial charge in [0.2, 0.25) is 0 Å². The Balaban J connectivity index is 3.63. The zero-order chi connectivity index (χ0) is 14.1. The fraction of sp³-hybridized carbons (Fsp3) is 0.571. The highest BCUT2D eigenvalue weighted by Gasteiger charge is 2.22. The molecule has 0 saturated heterocycles. The summed E-state index contributed by atoms with van der Waals surface area (Å²) < 4.78 is 1.77. The Morgan fingerprint density at radius 3 is 2.39 bits per heavy atom. The summed E-state index contributed by atoms with van der Waals surface area (Å²) in [6.07, 6.45) is 0.865. The van der Waals surface area contributed by atoms with E-state index in [0.29, 0.717) is 0 Å². The van der Waals surface area contributed by atoms with Gasteiger partial charge in [0, 0.05) is 17.2 Å². The minimum Gasteiger partial charge on any atom is -0.384 e. The molecule has 4 nitrogen and oxygen atoms in total. The number of amidine groups is 1. The van der Waals surface area contributed by atoms with Crippen molar-refractivity contribution in [3.05, 3.63) is 33.7 Å². The largest absolute Gasteiger partial charge is 0.384 e. The number of hydrogen-bond acceptors (Lipinski definition) is 2. The van der Waals surface area contributed by atoms with Crippen LogP contribution in [-0.2, 0) is 5.41 Å². The van der Waals surface area contributed by atoms with E-state index in [9.17, 15) is 4.79 Å². The Bertz CT molecular complexity index is 509. The lowest BCUT2D eigenvalue weighted by molar-refractivity contribution is 0.438. The van der Waals surface area contributed by atoms with Gasteiger partial charge in [0.1, 0.15) is 5.84 Å². The normalized spacial score (nSPS) is 13.4. The van der Waals surface area contributed by atoms with E-state index in [-0.39, 0.29) is 28.4 Å². The van der Waals surface area contributed by atoms with Crippen molar-refractivity contribution in [3.8, 4) is 0 Å². The fourth-order valence-electron chi connectivity index (χ4n) is 1.99. The minimum atomic E-state index is -0.169. The molecule has 4 heteroatoms. The number of aromatic nitrogens is 1. The van der Waals surface area contributed by atoms with Crippen LogP contribution in [0.4, 0.5) is 0 Å². The van der Waals surface area contributed by atoms with Gasteiger partial charge in [-0.2, -0.15) is 0 Å². The standard InChI is InChI=1S/C14H23N3O/c1-6-9(2)17-11(14(3,4)5)8-7-10(12(15)16)13(17)18/h7-9H,6H2,1-5H3,(H3,15,16). The van der Waals surface area contributed by atoms with Crippen LogP contribution in [0.2, 0.25) is 0 Å². The van der Waals surface area contributed by atoms with Gasteiger partial charge in [0.05, 0.1) is 5.56 Å². The number of nitrogen functional groups attached to an aromatic ring is 1. The lowest BCUT2D eigenvalue weighted by Crippen LogP contribution is -2.36. The van der Waals surface area contributed by atoms with Crippen LogP contribution in [0, 0.1) is 5.41 Å². The quantitative estimate of drug-likeness (QED) is 0.637. The molecule has 0 aromatic carbocycles. The first-order valence-electron chi connectivity index (χ1n) is 6.30. The monoisotopic (exact) mass is 249 g/mol. The molecular formula is C14H23N3O. The van der Waals surface area contributed by atoms with Crippen LogP contribution in [0.3, 0.4) is 0 Å². The first kappa shape index (κ1) is 14.5. The molecule has 100 valence electrons. The van der Waals surface area contributed by atoms with Crippen LogP contribution in [0.25, 0.3) is 0 Å². The molecule has 1 atom stereocenters. The van der Waals surface area contributed by atoms with Crippen molar-refractivity contribution in [3.63, 3.8) is 0 Å². The summed E-state index contributed by atoms with van der Waals surface area (Å²) in [7, 11) is 0. The molecule has 0 amide bonds. The number of nitrogens with two attached hydrogens (primary N) is 1. The van der Waals surface area contributed by atoms with E-state index in [0.717, 1.165) is 12.1 Å². The zero-order valence-electron chi connectivity index (χ0n) is 11.9. The summed E-state index contributed by atoms with van der Waals surface area (Å²) in [5.41, 5.74) is 6.44. The SMILES string of the molecule is CCC(C)n1c(C(C)(C)C)ccc(C(=N)N)c1=O. The molecule has 0 saturated carbocycles. The molecule has 3 N–H and O–H groups in total. The van der Waals surface area contributed by atoms with Crippen molar-refractivity contribution in [1.29, 1.82) is 5.41 Å². The molecule has 1 unspecified atom stereocenters. The number of nitrogens with zero attached hydrogens (tertiary/aromatic N) is 1. The highest BCUT2D eigenvalue weighted by molar-refractivity contribution is 5.94. The fourth-order valence-corrected chi connectivity index (χ4v) is 1.99. The molecule has 1 aromatic rings. The lowest BCUT2D eigenvalue weighted by Gasteiger charge is -2.27. The second-order valence-corrected chi connectivity index (χ2v) is 5.73. The van der Waals surface area contributed by atoms with Gasteiger partial charge in [0.25, 0.3) is 5.56 Å². The predicted octanol–water partition coefficient (Wildman–Crippen LogP) is 2.40. The van der Waals surface area contributed by atoms with Crippen molar-refractivity contribution < 1.29 is 0 Å². The first-order valence-corrected chi connectivity index (χ1v) is 6.30. The van der Waals surface area contributed by atoms with Crippen LogP contribution in [0.5, 0.6) is 0 Å². The highest BCUT2D eigenvalue weighted by atomic mass is 16.1. The topological polar surface area (TPSA) is 71.9 Å². The number of hydrogen-bond donors (Lipinski definition) is 2. The smallest absolute Gasteiger partial charge is 0.262 e. The molecule has 0 spiro atoms. The van der Waals surface area contributed by atoms with Gasteiger partial charge < -0.3 is 10.3 Å². The Morgan fingerprint density at radius 2 is 2.00 bits per heavy atom. The summed E-state index contributed by atoms with van der Waals surface area (Å²) in [5, 5.41) is 7.46. The van der Waals surface area contributed by atoms with Crippen LogP contribution in [-0.4, -0.2) is 10.4 Å². The molecule has 0 bridgehead atoms. The molecule has 1 heterocycles. The maximum absolute atomic E-state index is 12.4. The van der Waals surface area contributed by atoms with Gasteiger partial charge in [0.15, 0.2) is 0 Å². The summed E-state index contributed by atoms with van der Waals surface area (Å²) >= 11 is 0. The number of nitrogens with one attached hydrogen (secondary N) is 1. The van der Waals surface area contributed by atoms with E-state index in [4.69, 9.17) is 11.1 Å². The maximum Gasteiger partial charge on any atom is 0.262 e. The van der Waals surface area contributed by atoms with Gasteiger partial charge in [-0.1, -0.05) is 27.7 Å². The molecule has 0 aliphatic rings. The summed E-state index contributed by atoms with van der Waals surface area (Å²) in [4.78, 5) is 12.4. The minimum absolute atomic E-state index is 0.103. The lowest BCUT2D eigenvalue weighted by atomic mass is 9.90. The zero-order valence-corrected chi connectivity index (χ0v) is 11.9. The number of rotatable bonds is 3. The van der Waals surface area contributed by atoms with Crippen molar-refractivity contribution >= 4 is 5.84 Å². The van der Waals surface area contributed by atoms with Crippen molar-refractivity contribution in [2.75, 3.05) is 0 Å². The molecular weight excluding hydrogens is 226 g/mol. The second kappa shape index (κ2) is 4.96. The van der Waals surface area contributed by atoms with Gasteiger partial charge >= 0.3 is 0 Å². The Hall–Kier alpha value is -1.58. The summed E-state index contributed by atoms with van der Waals surface area (Å²) in [6.45, 7) is 10.3. The van der Waals surface area contributed by atoms with E-state index in [1.165, 1.54) is 0 Å². The van der Waals surface area contributed by atoms with Gasteiger partial charge in [-0.05, 0) is 25.5 Å². The summed E-state index contributed by atoms with van der Waals surface area (Å²) in [6, 6.07) is 3.67. The van der Waals surface area contributed by atoms with Crippen LogP contribution in [0.15, 0.2) is 16.9 Å². The van der Waals surface area contributed by atoms with E-state index in [1.807, 2.05) is 19.9 Å². The Kier molecular flexibility index (Phi) is 3.99. The van der Waals surface area contributed by atoms with E-state index >= 15 is 0 Å². The number of pyridine rings is 1. The molecule has 0 aliphatic carbocycles. The molecule has 1 rings (SSSR count). The Morgan fingerprint density at radius 1 is 1.44 bits per heavy atom. The third-order valence-corrected chi connectivity index (χ3v) is 3.21. The summed E-state index contributed by atoms with van der Waals surface area (Å²) in [5.74, 6) is -0.169. The third-order valence-electron chi connectivity index (χ3n) is 3.21. The van der Waals surface area contributed by atoms with E-state index in [1.54, 1.807) is 10.6 Å². The van der Waals surface area contributed by atoms with Crippen LogP contribution in [0.1, 0.15) is 58.3 Å². The van der Waals surface area contributed by atoms with Crippen molar-refractivity contribution in [1.82, 2.24) is 4.57 Å². The maximum atomic E-state index is 12.4. The molecule has 0 aliphatic heterocycles. The van der Waals surface area contributed by atoms with Crippen LogP contribution >= 0.6 is 0 Å². The molecule has 18 heavy (non-hydrogen) atoms. The highest BCUT2D eigenvalue weighted by Crippen LogP contribution is 2.24. The van der Waals surface area contributed by atoms with Crippen LogP contribution < -0.4 is 11.3 Å². The molecule has 1 aromatic heterocycles. The van der Waals surface area contributed by atoms with Gasteiger partial charge in [-0.3, -0.25) is 10.2 Å². The average molecular weight is 249 g/mol. The van der Waals surface area contributed by atoms with Crippen molar-refractivity contribution in [2.45, 2.75) is 52.5 Å². The van der Waals surface area contributed by atoms with Gasteiger partial charge in [-0.25, -0.2) is 0 Å². The van der Waals surface area contributed by atoms with E-state index < -0.39 is 0 Å². The molecule has 0 fully saturated rings. The average Bonchev–Trinajstić information content (AvgIpc) is 2.25. The second-order valence-electron chi connectivity index (χ2n) is 5.73. The van der Waals surface area contributed by atoms with Crippen molar-refractivity contribution in [2.24, 2.45) is 5.73 Å². The molecule has 0 radical (unpaired) electrons. The Labute approximate surface area is 108 Å². The first-order chi connectivity index (χ1) is 8.20.